The molecule has 1 N–H and O–H groups in total. The fourth-order valence-corrected chi connectivity index (χ4v) is 3.54. The monoisotopic (exact) mass is 430 g/mol. The lowest BCUT2D eigenvalue weighted by atomic mass is 10.1. The number of benzene rings is 2. The zero-order chi connectivity index (χ0) is 21.7. The molecular formula is C23H27ClN2O4. The Morgan fingerprint density at radius 2 is 1.87 bits per heavy atom. The average molecular weight is 431 g/mol. The molecule has 160 valence electrons. The molecule has 0 aromatic heterocycles. The Morgan fingerprint density at radius 1 is 1.13 bits per heavy atom. The van der Waals surface area contributed by atoms with Crippen LogP contribution in [0, 0.1) is 5.92 Å². The zero-order valence-corrected chi connectivity index (χ0v) is 18.3. The molecule has 30 heavy (non-hydrogen) atoms. The number of hydrogen-bond donors (Lipinski definition) is 1. The molecule has 1 aliphatic heterocycles. The summed E-state index contributed by atoms with van der Waals surface area (Å²) in [5.41, 5.74) is 1.44. The molecule has 2 aromatic rings. The summed E-state index contributed by atoms with van der Waals surface area (Å²) < 4.78 is 11.1. The molecule has 0 saturated carbocycles. The van der Waals surface area contributed by atoms with Crippen LogP contribution in [0.1, 0.15) is 47.4 Å². The molecule has 6 nitrogen and oxygen atoms in total. The Kier molecular flexibility index (Phi) is 7.21. The fraction of sp³-hybridized carbons (Fsp3) is 0.391. The summed E-state index contributed by atoms with van der Waals surface area (Å²) in [5.74, 6) is 0.773. The van der Waals surface area contributed by atoms with E-state index in [9.17, 15) is 9.59 Å². The lowest BCUT2D eigenvalue weighted by Crippen LogP contribution is -2.27. The highest BCUT2D eigenvalue weighted by molar-refractivity contribution is 6.32. The first kappa shape index (κ1) is 22.0. The zero-order valence-electron chi connectivity index (χ0n) is 17.5. The molecule has 0 bridgehead atoms. The van der Waals surface area contributed by atoms with Crippen LogP contribution in [0.4, 0.5) is 5.69 Å². The first-order valence-corrected chi connectivity index (χ1v) is 10.5. The van der Waals surface area contributed by atoms with Crippen molar-refractivity contribution in [3.63, 3.8) is 0 Å². The minimum absolute atomic E-state index is 0.0139. The van der Waals surface area contributed by atoms with E-state index < -0.39 is 0 Å². The van der Waals surface area contributed by atoms with E-state index >= 15 is 0 Å². The van der Waals surface area contributed by atoms with Gasteiger partial charge in [-0.1, -0.05) is 31.5 Å². The van der Waals surface area contributed by atoms with E-state index in [1.807, 2.05) is 18.7 Å². The van der Waals surface area contributed by atoms with Crippen LogP contribution in [0.25, 0.3) is 0 Å². The largest absolute Gasteiger partial charge is 0.493 e. The Morgan fingerprint density at radius 3 is 2.53 bits per heavy atom. The average Bonchev–Trinajstić information content (AvgIpc) is 3.26. The molecule has 1 aliphatic rings. The molecule has 3 rings (SSSR count). The summed E-state index contributed by atoms with van der Waals surface area (Å²) in [5, 5.41) is 3.13. The summed E-state index contributed by atoms with van der Waals surface area (Å²) in [6, 6.07) is 10.1. The van der Waals surface area contributed by atoms with Gasteiger partial charge >= 0.3 is 0 Å². The number of hydrogen-bond acceptors (Lipinski definition) is 4. The Hall–Kier alpha value is -2.73. The number of anilines is 1. The lowest BCUT2D eigenvalue weighted by Gasteiger charge is -2.16. The molecule has 1 heterocycles. The fourth-order valence-electron chi connectivity index (χ4n) is 3.28. The van der Waals surface area contributed by atoms with E-state index in [1.165, 1.54) is 7.11 Å². The summed E-state index contributed by atoms with van der Waals surface area (Å²) >= 11 is 6.35. The number of halogens is 1. The highest BCUT2D eigenvalue weighted by Gasteiger charge is 2.20. The summed E-state index contributed by atoms with van der Waals surface area (Å²) in [6.07, 6.45) is 2.06. The van der Waals surface area contributed by atoms with Crippen molar-refractivity contribution >= 4 is 29.1 Å². The quantitative estimate of drug-likeness (QED) is 0.680. The Balaban J connectivity index is 1.76. The van der Waals surface area contributed by atoms with Crippen molar-refractivity contribution in [2.24, 2.45) is 5.92 Å². The third-order valence-corrected chi connectivity index (χ3v) is 5.09. The number of carbonyl (C=O) groups is 2. The molecule has 0 aliphatic carbocycles. The Labute approximate surface area is 182 Å². The maximum absolute atomic E-state index is 12.8. The van der Waals surface area contributed by atoms with Crippen molar-refractivity contribution < 1.29 is 19.1 Å². The molecule has 1 saturated heterocycles. The van der Waals surface area contributed by atoms with Crippen LogP contribution >= 0.6 is 11.6 Å². The number of methoxy groups -OCH3 is 1. The number of ether oxygens (including phenoxy) is 2. The number of nitrogens with zero attached hydrogens (tertiary/aromatic N) is 1. The van der Waals surface area contributed by atoms with E-state index in [-0.39, 0.29) is 11.8 Å². The van der Waals surface area contributed by atoms with Gasteiger partial charge in [-0.25, -0.2) is 0 Å². The van der Waals surface area contributed by atoms with Crippen LogP contribution in [0.2, 0.25) is 5.02 Å². The number of likely N-dealkylation sites (tertiary alicyclic amines) is 1. The summed E-state index contributed by atoms with van der Waals surface area (Å²) in [6.45, 7) is 6.10. The van der Waals surface area contributed by atoms with Crippen LogP contribution in [0.3, 0.4) is 0 Å². The van der Waals surface area contributed by atoms with Crippen LogP contribution < -0.4 is 14.8 Å². The van der Waals surface area contributed by atoms with Gasteiger partial charge in [0, 0.05) is 29.9 Å². The standard InChI is InChI=1S/C23H27ClN2O4/c1-15(2)14-30-21-19(24)12-17(13-20(21)29-3)22(27)25-18-8-6-7-16(11-18)23(28)26-9-4-5-10-26/h6-8,11-13,15H,4-5,9-10,14H2,1-3H3,(H,25,27). The van der Waals surface area contributed by atoms with Crippen molar-refractivity contribution in [2.45, 2.75) is 26.7 Å². The lowest BCUT2D eigenvalue weighted by molar-refractivity contribution is 0.0792. The third-order valence-electron chi connectivity index (χ3n) is 4.81. The van der Waals surface area contributed by atoms with Gasteiger partial charge in [-0.3, -0.25) is 9.59 Å². The molecule has 0 unspecified atom stereocenters. The smallest absolute Gasteiger partial charge is 0.255 e. The van der Waals surface area contributed by atoms with Gasteiger partial charge in [0.1, 0.15) is 0 Å². The van der Waals surface area contributed by atoms with E-state index in [4.69, 9.17) is 21.1 Å². The van der Waals surface area contributed by atoms with Crippen LogP contribution in [-0.2, 0) is 0 Å². The first-order valence-electron chi connectivity index (χ1n) is 10.1. The highest BCUT2D eigenvalue weighted by Crippen LogP contribution is 2.37. The minimum Gasteiger partial charge on any atom is -0.493 e. The van der Waals surface area contributed by atoms with Gasteiger partial charge < -0.3 is 19.7 Å². The number of nitrogens with one attached hydrogen (secondary N) is 1. The van der Waals surface area contributed by atoms with Gasteiger partial charge in [0.15, 0.2) is 11.5 Å². The predicted octanol–water partition coefficient (Wildman–Crippen LogP) is 4.87. The van der Waals surface area contributed by atoms with Gasteiger partial charge in [0.2, 0.25) is 0 Å². The highest BCUT2D eigenvalue weighted by atomic mass is 35.5. The molecule has 1 fully saturated rings. The van der Waals surface area contributed by atoms with Crippen LogP contribution in [0.15, 0.2) is 36.4 Å². The third kappa shape index (κ3) is 5.25. The minimum atomic E-state index is -0.351. The van der Waals surface area contributed by atoms with Crippen molar-refractivity contribution in [1.29, 1.82) is 0 Å². The SMILES string of the molecule is COc1cc(C(=O)Nc2cccc(C(=O)N3CCCC3)c2)cc(Cl)c1OCC(C)C. The van der Waals surface area contributed by atoms with Crippen LogP contribution in [0.5, 0.6) is 11.5 Å². The maximum Gasteiger partial charge on any atom is 0.255 e. The molecule has 7 heteroatoms. The van der Waals surface area contributed by atoms with E-state index in [0.29, 0.717) is 45.9 Å². The second kappa shape index (κ2) is 9.85. The number of rotatable bonds is 7. The van der Waals surface area contributed by atoms with E-state index in [2.05, 4.69) is 5.32 Å². The van der Waals surface area contributed by atoms with Gasteiger partial charge in [-0.2, -0.15) is 0 Å². The normalized spacial score (nSPS) is 13.4. The summed E-state index contributed by atoms with van der Waals surface area (Å²) in [7, 11) is 1.50. The second-order valence-corrected chi connectivity index (χ2v) is 8.14. The Bertz CT molecular complexity index is 923. The molecular weight excluding hydrogens is 404 g/mol. The van der Waals surface area contributed by atoms with Crippen molar-refractivity contribution in [3.8, 4) is 11.5 Å². The van der Waals surface area contributed by atoms with Gasteiger partial charge in [0.05, 0.1) is 18.7 Å². The second-order valence-electron chi connectivity index (χ2n) is 7.73. The summed E-state index contributed by atoms with van der Waals surface area (Å²) in [4.78, 5) is 27.2. The van der Waals surface area contributed by atoms with Gasteiger partial charge in [-0.05, 0) is 49.1 Å². The van der Waals surface area contributed by atoms with Gasteiger partial charge in [0.25, 0.3) is 11.8 Å². The van der Waals surface area contributed by atoms with Crippen molar-refractivity contribution in [3.05, 3.63) is 52.5 Å². The van der Waals surface area contributed by atoms with E-state index in [0.717, 1.165) is 25.9 Å². The predicted molar refractivity (Wildman–Crippen MR) is 118 cm³/mol. The molecule has 2 amide bonds. The van der Waals surface area contributed by atoms with E-state index in [1.54, 1.807) is 36.4 Å². The number of carbonyl (C=O) groups excluding carboxylic acids is 2. The molecule has 0 radical (unpaired) electrons. The first-order chi connectivity index (χ1) is 14.4. The van der Waals surface area contributed by atoms with Crippen molar-refractivity contribution in [1.82, 2.24) is 4.90 Å². The van der Waals surface area contributed by atoms with Crippen molar-refractivity contribution in [2.75, 3.05) is 32.1 Å². The topological polar surface area (TPSA) is 67.9 Å². The maximum atomic E-state index is 12.8. The van der Waals surface area contributed by atoms with Gasteiger partial charge in [-0.15, -0.1) is 0 Å². The molecule has 2 aromatic carbocycles. The molecule has 0 atom stereocenters. The molecule has 0 spiro atoms. The number of amides is 2. The van der Waals surface area contributed by atoms with Crippen LogP contribution in [-0.4, -0.2) is 43.5 Å².